The van der Waals surface area contributed by atoms with Gasteiger partial charge in [-0.05, 0) is 30.3 Å². The Bertz CT molecular complexity index is 1340. The molecule has 28 heavy (non-hydrogen) atoms. The van der Waals surface area contributed by atoms with E-state index < -0.39 is 0 Å². The first-order chi connectivity index (χ1) is 13.8. The Hall–Kier alpha value is -4.06. The maximum Gasteiger partial charge on any atom is 0.277 e. The number of aromatic nitrogens is 3. The number of nitrogens with zero attached hydrogens (tertiary/aromatic N) is 4. The van der Waals surface area contributed by atoms with Gasteiger partial charge in [-0.2, -0.15) is 0 Å². The third-order valence-electron chi connectivity index (χ3n) is 4.83. The van der Waals surface area contributed by atoms with Gasteiger partial charge in [0.05, 0.1) is 27.0 Å². The van der Waals surface area contributed by atoms with E-state index in [1.165, 1.54) is 6.07 Å². The quantitative estimate of drug-likeness (QED) is 0.327. The zero-order chi connectivity index (χ0) is 19.1. The van der Waals surface area contributed by atoms with Crippen molar-refractivity contribution in [2.45, 2.75) is 0 Å². The van der Waals surface area contributed by atoms with E-state index in [4.69, 9.17) is 0 Å². The lowest BCUT2D eigenvalue weighted by atomic mass is 10.0. The summed E-state index contributed by atoms with van der Waals surface area (Å²) in [5.41, 5.74) is 4.84. The van der Waals surface area contributed by atoms with Crippen molar-refractivity contribution < 1.29 is 4.92 Å². The maximum atomic E-state index is 11.6. The van der Waals surface area contributed by atoms with E-state index in [0.717, 1.165) is 27.6 Å². The van der Waals surface area contributed by atoms with Gasteiger partial charge in [-0.1, -0.05) is 30.3 Å². The summed E-state index contributed by atoms with van der Waals surface area (Å²) in [5, 5.41) is 12.5. The van der Waals surface area contributed by atoms with Crippen LogP contribution in [-0.2, 0) is 0 Å². The zero-order valence-corrected chi connectivity index (χ0v) is 14.7. The lowest BCUT2D eigenvalue weighted by Gasteiger charge is -2.11. The van der Waals surface area contributed by atoms with Crippen molar-refractivity contribution in [2.24, 2.45) is 0 Å². The zero-order valence-electron chi connectivity index (χ0n) is 14.7. The maximum absolute atomic E-state index is 11.6. The first-order valence-corrected chi connectivity index (χ1v) is 8.78. The highest BCUT2D eigenvalue weighted by atomic mass is 16.6. The van der Waals surface area contributed by atoms with Crippen molar-refractivity contribution in [1.29, 1.82) is 0 Å². The molecule has 0 N–H and O–H groups in total. The van der Waals surface area contributed by atoms with E-state index in [1.54, 1.807) is 36.8 Å². The fraction of sp³-hybridized carbons (Fsp3) is 0. The normalized spacial score (nSPS) is 11.1. The number of fused-ring (bicyclic) bond motifs is 3. The molecule has 0 aliphatic heterocycles. The van der Waals surface area contributed by atoms with Crippen molar-refractivity contribution in [3.05, 3.63) is 95.4 Å². The van der Waals surface area contributed by atoms with Gasteiger partial charge in [-0.15, -0.1) is 0 Å². The van der Waals surface area contributed by atoms with Gasteiger partial charge in [0.25, 0.3) is 5.69 Å². The van der Waals surface area contributed by atoms with Crippen LogP contribution in [0.3, 0.4) is 0 Å². The van der Waals surface area contributed by atoms with Crippen molar-refractivity contribution >= 4 is 27.6 Å². The Balaban J connectivity index is 1.98. The minimum atomic E-state index is -0.359. The summed E-state index contributed by atoms with van der Waals surface area (Å²) >= 11 is 0. The van der Waals surface area contributed by atoms with E-state index in [1.807, 2.05) is 42.5 Å². The molecule has 0 fully saturated rings. The second kappa shape index (κ2) is 6.28. The average molecular weight is 366 g/mol. The molecule has 0 bridgehead atoms. The predicted octanol–water partition coefficient (Wildman–Crippen LogP) is 5.15. The Morgan fingerprint density at radius 3 is 2.46 bits per heavy atom. The molecule has 5 rings (SSSR count). The second-order valence-electron chi connectivity index (χ2n) is 6.40. The number of hydrogen-bond donors (Lipinski definition) is 0. The standard InChI is InChI=1S/C22H14N4O2/c27-26(28)19-10-5-4-9-16(19)17-13-23-14-18-21-20(11-6-12-24-21)25(22(17)18)15-7-2-1-3-8-15/h1-14H. The number of pyridine rings is 2. The van der Waals surface area contributed by atoms with Crippen LogP contribution < -0.4 is 0 Å². The van der Waals surface area contributed by atoms with Crippen molar-refractivity contribution in [1.82, 2.24) is 14.5 Å². The van der Waals surface area contributed by atoms with Gasteiger partial charge in [-0.25, -0.2) is 0 Å². The number of rotatable bonds is 3. The van der Waals surface area contributed by atoms with Gasteiger partial charge in [-0.3, -0.25) is 20.1 Å². The summed E-state index contributed by atoms with van der Waals surface area (Å²) in [7, 11) is 0. The van der Waals surface area contributed by atoms with Gasteiger partial charge < -0.3 is 4.57 Å². The molecule has 0 atom stereocenters. The molecular formula is C22H14N4O2. The number of nitro groups is 1. The van der Waals surface area contributed by atoms with Crippen molar-refractivity contribution in [2.75, 3.05) is 0 Å². The molecule has 0 unspecified atom stereocenters. The smallest absolute Gasteiger partial charge is 0.277 e. The minimum absolute atomic E-state index is 0.0506. The summed E-state index contributed by atoms with van der Waals surface area (Å²) < 4.78 is 2.09. The topological polar surface area (TPSA) is 73.8 Å². The lowest BCUT2D eigenvalue weighted by molar-refractivity contribution is -0.384. The summed E-state index contributed by atoms with van der Waals surface area (Å²) in [6, 6.07) is 20.5. The molecule has 3 heterocycles. The highest BCUT2D eigenvalue weighted by molar-refractivity contribution is 6.12. The van der Waals surface area contributed by atoms with Crippen LogP contribution in [0.1, 0.15) is 0 Å². The largest absolute Gasteiger partial charge is 0.307 e. The number of para-hydroxylation sites is 2. The first-order valence-electron chi connectivity index (χ1n) is 8.78. The van der Waals surface area contributed by atoms with Gasteiger partial charge >= 0.3 is 0 Å². The Kier molecular flexibility index (Phi) is 3.62. The van der Waals surface area contributed by atoms with Gasteiger partial charge in [0.2, 0.25) is 0 Å². The van der Waals surface area contributed by atoms with Gasteiger partial charge in [0, 0.05) is 41.3 Å². The monoisotopic (exact) mass is 366 g/mol. The molecule has 3 aromatic heterocycles. The fourth-order valence-electron chi connectivity index (χ4n) is 3.68. The average Bonchev–Trinajstić information content (AvgIpc) is 3.09. The first kappa shape index (κ1) is 16.1. The van der Waals surface area contributed by atoms with Crippen molar-refractivity contribution in [3.8, 4) is 16.8 Å². The highest BCUT2D eigenvalue weighted by Crippen LogP contribution is 2.39. The second-order valence-corrected chi connectivity index (χ2v) is 6.40. The van der Waals surface area contributed by atoms with Crippen LogP contribution >= 0.6 is 0 Å². The third-order valence-corrected chi connectivity index (χ3v) is 4.83. The molecule has 0 aliphatic rings. The van der Waals surface area contributed by atoms with Crippen LogP contribution in [0.5, 0.6) is 0 Å². The molecule has 0 radical (unpaired) electrons. The Morgan fingerprint density at radius 2 is 1.64 bits per heavy atom. The van der Waals surface area contributed by atoms with E-state index in [-0.39, 0.29) is 10.6 Å². The molecule has 0 spiro atoms. The molecule has 6 heteroatoms. The molecule has 0 amide bonds. The molecule has 0 aliphatic carbocycles. The Morgan fingerprint density at radius 1 is 0.857 bits per heavy atom. The van der Waals surface area contributed by atoms with Crippen LogP contribution in [0, 0.1) is 10.1 Å². The molecule has 6 nitrogen and oxygen atoms in total. The number of nitro benzene ring substituents is 1. The third kappa shape index (κ3) is 2.35. The van der Waals surface area contributed by atoms with Crippen molar-refractivity contribution in [3.63, 3.8) is 0 Å². The number of hydrogen-bond acceptors (Lipinski definition) is 4. The molecule has 134 valence electrons. The summed E-state index contributed by atoms with van der Waals surface area (Å²) in [6.45, 7) is 0. The van der Waals surface area contributed by atoms with Crippen LogP contribution in [0.15, 0.2) is 85.3 Å². The molecule has 0 saturated carbocycles. The molecule has 5 aromatic rings. The van der Waals surface area contributed by atoms with Crippen LogP contribution in [0.2, 0.25) is 0 Å². The number of benzene rings is 2. The summed E-state index contributed by atoms with van der Waals surface area (Å²) in [6.07, 6.45) is 5.19. The van der Waals surface area contributed by atoms with Crippen LogP contribution in [-0.4, -0.2) is 19.5 Å². The van der Waals surface area contributed by atoms with E-state index >= 15 is 0 Å². The fourth-order valence-corrected chi connectivity index (χ4v) is 3.68. The SMILES string of the molecule is O=[N+]([O-])c1ccccc1-c1cncc2c3ncccc3n(-c3ccccc3)c12. The summed E-state index contributed by atoms with van der Waals surface area (Å²) in [5.74, 6) is 0. The van der Waals surface area contributed by atoms with Gasteiger partial charge in [0.1, 0.15) is 0 Å². The lowest BCUT2D eigenvalue weighted by Crippen LogP contribution is -1.97. The van der Waals surface area contributed by atoms with Crippen LogP contribution in [0.4, 0.5) is 5.69 Å². The molecular weight excluding hydrogens is 352 g/mol. The highest BCUT2D eigenvalue weighted by Gasteiger charge is 2.22. The predicted molar refractivity (Wildman–Crippen MR) is 108 cm³/mol. The van der Waals surface area contributed by atoms with Gasteiger partial charge in [0.15, 0.2) is 0 Å². The van der Waals surface area contributed by atoms with E-state index in [2.05, 4.69) is 14.5 Å². The molecule has 2 aromatic carbocycles. The summed E-state index contributed by atoms with van der Waals surface area (Å²) in [4.78, 5) is 20.2. The Labute approximate surface area is 159 Å². The minimum Gasteiger partial charge on any atom is -0.307 e. The van der Waals surface area contributed by atoms with E-state index in [9.17, 15) is 10.1 Å². The van der Waals surface area contributed by atoms with E-state index in [0.29, 0.717) is 11.1 Å². The molecule has 0 saturated heterocycles. The van der Waals surface area contributed by atoms with Crippen LogP contribution in [0.25, 0.3) is 38.8 Å².